The van der Waals surface area contributed by atoms with Gasteiger partial charge in [0, 0.05) is 79.5 Å². The van der Waals surface area contributed by atoms with Crippen LogP contribution in [0.3, 0.4) is 0 Å². The second-order valence-corrected chi connectivity index (χ2v) is 11.3. The number of H-pyrrole nitrogens is 1. The minimum absolute atomic E-state index is 0.0304. The fourth-order valence-electron chi connectivity index (χ4n) is 6.01. The quantitative estimate of drug-likeness (QED) is 0.267. The molecule has 0 spiro atoms. The van der Waals surface area contributed by atoms with Gasteiger partial charge < -0.3 is 15.0 Å². The lowest BCUT2D eigenvalue weighted by Crippen LogP contribution is -2.58. The standard InChI is InChI=1S/C32H37F3N6O3/c1-4-28(44-3)25(20(2)33)19-41-18-23(6-8-27(41)31(43)40-15-11-32(34,35)12-16-40)37-30(42)22-5-7-26-24(17-22)29(39-38-26)21-9-13-36-14-10-21/h4-5,7,9-10,13-14,17,23,27H,6,8,11-12,15-16,18-19H2,1-3H3,(H,37,42)(H,38,39). The lowest BCUT2D eigenvalue weighted by Gasteiger charge is -2.42. The maximum Gasteiger partial charge on any atom is 0.251 e. The van der Waals surface area contributed by atoms with Crippen LogP contribution in [0.4, 0.5) is 13.2 Å². The highest BCUT2D eigenvalue weighted by Crippen LogP contribution is 2.31. The van der Waals surface area contributed by atoms with Crippen LogP contribution in [-0.4, -0.2) is 88.1 Å². The van der Waals surface area contributed by atoms with Gasteiger partial charge in [0.2, 0.25) is 5.91 Å². The minimum atomic E-state index is -2.78. The minimum Gasteiger partial charge on any atom is -0.497 e. The Hall–Kier alpha value is -4.19. The molecule has 2 unspecified atom stereocenters. The van der Waals surface area contributed by atoms with Gasteiger partial charge in [0.15, 0.2) is 0 Å². The zero-order chi connectivity index (χ0) is 31.4. The predicted octanol–water partition coefficient (Wildman–Crippen LogP) is 5.24. The van der Waals surface area contributed by atoms with Crippen LogP contribution in [0.2, 0.25) is 0 Å². The third-order valence-corrected chi connectivity index (χ3v) is 8.45. The molecule has 1 aromatic carbocycles. The average Bonchev–Trinajstić information content (AvgIpc) is 3.45. The first-order chi connectivity index (χ1) is 21.1. The molecule has 0 saturated carbocycles. The van der Waals surface area contributed by atoms with Gasteiger partial charge in [0.1, 0.15) is 17.3 Å². The summed E-state index contributed by atoms with van der Waals surface area (Å²) in [5.74, 6) is -3.43. The van der Waals surface area contributed by atoms with E-state index in [0.29, 0.717) is 35.4 Å². The number of fused-ring (bicyclic) bond motifs is 1. The Labute approximate surface area is 254 Å². The topological polar surface area (TPSA) is 103 Å². The van der Waals surface area contributed by atoms with Gasteiger partial charge in [-0.1, -0.05) is 0 Å². The van der Waals surface area contributed by atoms with Gasteiger partial charge >= 0.3 is 0 Å². The van der Waals surface area contributed by atoms with Gasteiger partial charge in [-0.2, -0.15) is 5.10 Å². The number of amides is 2. The molecule has 3 aromatic rings. The first-order valence-corrected chi connectivity index (χ1v) is 14.8. The smallest absolute Gasteiger partial charge is 0.251 e. The number of likely N-dealkylation sites (tertiary alicyclic amines) is 2. The van der Waals surface area contributed by atoms with Crippen LogP contribution in [0.1, 0.15) is 49.9 Å². The van der Waals surface area contributed by atoms with Crippen molar-refractivity contribution in [3.63, 3.8) is 0 Å². The van der Waals surface area contributed by atoms with E-state index in [4.69, 9.17) is 4.74 Å². The number of halogens is 3. The molecule has 2 saturated heterocycles. The molecule has 2 aliphatic heterocycles. The van der Waals surface area contributed by atoms with Crippen molar-refractivity contribution in [3.8, 4) is 11.3 Å². The number of aromatic nitrogens is 3. The zero-order valence-electron chi connectivity index (χ0n) is 25.1. The van der Waals surface area contributed by atoms with Gasteiger partial charge in [-0.05, 0) is 63.1 Å². The van der Waals surface area contributed by atoms with Crippen LogP contribution >= 0.6 is 0 Å². The molecule has 0 bridgehead atoms. The van der Waals surface area contributed by atoms with E-state index in [1.807, 2.05) is 17.0 Å². The summed E-state index contributed by atoms with van der Waals surface area (Å²) in [4.78, 5) is 34.4. The summed E-state index contributed by atoms with van der Waals surface area (Å²) in [7, 11) is 1.45. The van der Waals surface area contributed by atoms with Crippen LogP contribution in [0.5, 0.6) is 0 Å². The van der Waals surface area contributed by atoms with Crippen molar-refractivity contribution < 1.29 is 27.5 Å². The largest absolute Gasteiger partial charge is 0.497 e. The van der Waals surface area contributed by atoms with Crippen LogP contribution in [0.15, 0.2) is 66.0 Å². The number of pyridine rings is 1. The maximum absolute atomic E-state index is 14.8. The number of methoxy groups -OCH3 is 1. The van der Waals surface area contributed by atoms with E-state index < -0.39 is 17.8 Å². The highest BCUT2D eigenvalue weighted by Gasteiger charge is 2.41. The number of benzene rings is 1. The monoisotopic (exact) mass is 610 g/mol. The molecule has 2 atom stereocenters. The molecule has 12 heteroatoms. The van der Waals surface area contributed by atoms with E-state index >= 15 is 0 Å². The molecule has 0 radical (unpaired) electrons. The number of rotatable bonds is 8. The van der Waals surface area contributed by atoms with Gasteiger partial charge in [-0.3, -0.25) is 24.6 Å². The zero-order valence-corrected chi connectivity index (χ0v) is 25.1. The first kappa shape index (κ1) is 31.2. The molecule has 2 amide bonds. The summed E-state index contributed by atoms with van der Waals surface area (Å²) in [6.45, 7) is 3.32. The number of allylic oxidation sites excluding steroid dienone is 2. The number of carbonyl (C=O) groups excluding carboxylic acids is 2. The molecule has 2 aliphatic rings. The second-order valence-electron chi connectivity index (χ2n) is 11.3. The van der Waals surface area contributed by atoms with E-state index in [2.05, 4.69) is 20.5 Å². The van der Waals surface area contributed by atoms with Gasteiger partial charge in [-0.25, -0.2) is 13.2 Å². The Kier molecular flexibility index (Phi) is 9.38. The summed E-state index contributed by atoms with van der Waals surface area (Å²) in [6, 6.07) is 8.01. The number of alkyl halides is 2. The van der Waals surface area contributed by atoms with E-state index in [0.717, 1.165) is 16.5 Å². The highest BCUT2D eigenvalue weighted by molar-refractivity contribution is 6.01. The summed E-state index contributed by atoms with van der Waals surface area (Å²) in [5, 5.41) is 11.3. The number of carbonyl (C=O) groups is 2. The fourth-order valence-corrected chi connectivity index (χ4v) is 6.01. The third-order valence-electron chi connectivity index (χ3n) is 8.45. The van der Waals surface area contributed by atoms with Gasteiger partial charge in [0.05, 0.1) is 18.7 Å². The van der Waals surface area contributed by atoms with Crippen molar-refractivity contribution in [2.45, 2.75) is 57.5 Å². The fraction of sp³-hybridized carbons (Fsp3) is 0.438. The number of piperidine rings is 2. The maximum atomic E-state index is 14.8. The van der Waals surface area contributed by atoms with Crippen molar-refractivity contribution in [2.75, 3.05) is 33.3 Å². The molecule has 234 valence electrons. The van der Waals surface area contributed by atoms with Crippen molar-refractivity contribution in [2.24, 2.45) is 0 Å². The van der Waals surface area contributed by atoms with Crippen LogP contribution in [0.25, 0.3) is 22.2 Å². The van der Waals surface area contributed by atoms with Crippen LogP contribution < -0.4 is 5.32 Å². The number of ether oxygens (including phenoxy) is 1. The van der Waals surface area contributed by atoms with Crippen LogP contribution in [0, 0.1) is 0 Å². The van der Waals surface area contributed by atoms with Crippen LogP contribution in [-0.2, 0) is 9.53 Å². The molecule has 5 rings (SSSR count). The van der Waals surface area contributed by atoms with Crippen molar-refractivity contribution in [3.05, 3.63) is 71.5 Å². The molecule has 2 fully saturated rings. The number of aromatic amines is 1. The molecule has 2 N–H and O–H groups in total. The second kappa shape index (κ2) is 13.2. The summed E-state index contributed by atoms with van der Waals surface area (Å²) >= 11 is 0. The predicted molar refractivity (Wildman–Crippen MR) is 161 cm³/mol. The molecule has 44 heavy (non-hydrogen) atoms. The number of nitrogens with one attached hydrogen (secondary N) is 2. The van der Waals surface area contributed by atoms with Crippen molar-refractivity contribution in [1.29, 1.82) is 0 Å². The Morgan fingerprint density at radius 2 is 1.89 bits per heavy atom. The van der Waals surface area contributed by atoms with E-state index in [1.54, 1.807) is 43.6 Å². The molecule has 9 nitrogen and oxygen atoms in total. The molecule has 0 aliphatic carbocycles. The molecular weight excluding hydrogens is 573 g/mol. The summed E-state index contributed by atoms with van der Waals surface area (Å²) < 4.78 is 47.8. The van der Waals surface area contributed by atoms with Gasteiger partial charge in [-0.15, -0.1) is 0 Å². The summed E-state index contributed by atoms with van der Waals surface area (Å²) in [5.41, 5.74) is 3.09. The number of hydrogen-bond acceptors (Lipinski definition) is 6. The Morgan fingerprint density at radius 1 is 1.16 bits per heavy atom. The Balaban J connectivity index is 1.35. The van der Waals surface area contributed by atoms with E-state index in [1.165, 1.54) is 18.9 Å². The number of hydrogen-bond donors (Lipinski definition) is 2. The Bertz CT molecular complexity index is 1560. The van der Waals surface area contributed by atoms with Crippen molar-refractivity contribution in [1.82, 2.24) is 30.3 Å². The lowest BCUT2D eigenvalue weighted by molar-refractivity contribution is -0.144. The number of nitrogens with zero attached hydrogens (tertiary/aromatic N) is 4. The first-order valence-electron chi connectivity index (χ1n) is 14.8. The SMILES string of the molecule is CC=C(OC)C(CN1CC(NC(=O)c2ccc3[nH]nc(-c4ccncc4)c3c2)CCC1C(=O)N1CCC(F)(F)CC1)=C(C)F. The average molecular weight is 611 g/mol. The highest BCUT2D eigenvalue weighted by atomic mass is 19.3. The normalized spacial score (nSPS) is 21.6. The summed E-state index contributed by atoms with van der Waals surface area (Å²) in [6.07, 6.45) is 5.11. The molecular formula is C32H37F3N6O3. The van der Waals surface area contributed by atoms with Crippen molar-refractivity contribution >= 4 is 22.7 Å². The lowest BCUT2D eigenvalue weighted by atomic mass is 9.94. The Morgan fingerprint density at radius 3 is 2.55 bits per heavy atom. The third kappa shape index (κ3) is 6.80. The van der Waals surface area contributed by atoms with E-state index in [-0.39, 0.29) is 56.9 Å². The molecule has 4 heterocycles. The molecule has 2 aromatic heterocycles. The van der Waals surface area contributed by atoms with E-state index in [9.17, 15) is 22.8 Å². The van der Waals surface area contributed by atoms with Gasteiger partial charge in [0.25, 0.3) is 11.8 Å².